The summed E-state index contributed by atoms with van der Waals surface area (Å²) in [7, 11) is 3.19. The average Bonchev–Trinajstić information content (AvgIpc) is 2.46. The fourth-order valence-corrected chi connectivity index (χ4v) is 2.29. The van der Waals surface area contributed by atoms with Crippen LogP contribution in [0.4, 0.5) is 0 Å². The molecule has 0 aliphatic rings. The number of rotatable bonds is 4. The number of methoxy groups -OCH3 is 2. The van der Waals surface area contributed by atoms with Gasteiger partial charge in [-0.05, 0) is 35.9 Å². The molecule has 0 heterocycles. The summed E-state index contributed by atoms with van der Waals surface area (Å²) in [4.78, 5) is 0. The maximum atomic E-state index is 10.5. The molecule has 0 radical (unpaired) electrons. The van der Waals surface area contributed by atoms with E-state index in [0.29, 0.717) is 17.1 Å². The average molecular weight is 323 g/mol. The van der Waals surface area contributed by atoms with Gasteiger partial charge >= 0.3 is 0 Å². The van der Waals surface area contributed by atoms with Gasteiger partial charge < -0.3 is 14.6 Å². The van der Waals surface area contributed by atoms with Gasteiger partial charge in [-0.1, -0.05) is 28.1 Å². The van der Waals surface area contributed by atoms with E-state index in [1.54, 1.807) is 14.2 Å². The van der Waals surface area contributed by atoms with E-state index in [4.69, 9.17) is 9.47 Å². The van der Waals surface area contributed by atoms with E-state index in [1.807, 2.05) is 42.5 Å². The molecule has 1 N–H and O–H groups in total. The van der Waals surface area contributed by atoms with Crippen LogP contribution in [0.1, 0.15) is 17.2 Å². The van der Waals surface area contributed by atoms with Crippen LogP contribution in [0, 0.1) is 0 Å². The number of hydrogen-bond donors (Lipinski definition) is 1. The zero-order chi connectivity index (χ0) is 13.8. The summed E-state index contributed by atoms with van der Waals surface area (Å²) in [5.74, 6) is 1.36. The van der Waals surface area contributed by atoms with E-state index in [1.165, 1.54) is 0 Å². The van der Waals surface area contributed by atoms with Gasteiger partial charge in [0.15, 0.2) is 0 Å². The fourth-order valence-electron chi connectivity index (χ4n) is 1.91. The molecule has 0 aromatic heterocycles. The lowest BCUT2D eigenvalue weighted by Crippen LogP contribution is -2.02. The van der Waals surface area contributed by atoms with Gasteiger partial charge in [-0.15, -0.1) is 0 Å². The maximum absolute atomic E-state index is 10.5. The number of aliphatic hydroxyl groups excluding tert-OH is 1. The summed E-state index contributed by atoms with van der Waals surface area (Å²) in [6.45, 7) is 0. The summed E-state index contributed by atoms with van der Waals surface area (Å²) >= 11 is 3.40. The normalized spacial score (nSPS) is 12.0. The fraction of sp³-hybridized carbons (Fsp3) is 0.200. The van der Waals surface area contributed by atoms with Crippen LogP contribution >= 0.6 is 15.9 Å². The first-order valence-electron chi connectivity index (χ1n) is 5.81. The predicted molar refractivity (Wildman–Crippen MR) is 77.7 cm³/mol. The molecule has 19 heavy (non-hydrogen) atoms. The van der Waals surface area contributed by atoms with Crippen molar-refractivity contribution in [1.82, 2.24) is 0 Å². The van der Waals surface area contributed by atoms with E-state index in [2.05, 4.69) is 15.9 Å². The van der Waals surface area contributed by atoms with E-state index >= 15 is 0 Å². The highest BCUT2D eigenvalue weighted by atomic mass is 79.9. The maximum Gasteiger partial charge on any atom is 0.125 e. The van der Waals surface area contributed by atoms with Crippen LogP contribution in [0.5, 0.6) is 11.5 Å². The zero-order valence-electron chi connectivity index (χ0n) is 10.8. The lowest BCUT2D eigenvalue weighted by molar-refractivity contribution is 0.214. The molecule has 100 valence electrons. The van der Waals surface area contributed by atoms with E-state index in [-0.39, 0.29) is 0 Å². The summed E-state index contributed by atoms with van der Waals surface area (Å²) in [6.07, 6.45) is -0.762. The van der Waals surface area contributed by atoms with Crippen LogP contribution in [0.15, 0.2) is 46.9 Å². The minimum Gasteiger partial charge on any atom is -0.497 e. The molecule has 0 amide bonds. The van der Waals surface area contributed by atoms with Crippen LogP contribution in [-0.2, 0) is 0 Å². The summed E-state index contributed by atoms with van der Waals surface area (Å²) in [5, 5.41) is 10.5. The van der Waals surface area contributed by atoms with Gasteiger partial charge in [0.05, 0.1) is 14.2 Å². The Kier molecular flexibility index (Phi) is 4.45. The van der Waals surface area contributed by atoms with Crippen LogP contribution in [0.3, 0.4) is 0 Å². The van der Waals surface area contributed by atoms with Crippen molar-refractivity contribution < 1.29 is 14.6 Å². The molecule has 0 bridgehead atoms. The topological polar surface area (TPSA) is 38.7 Å². The van der Waals surface area contributed by atoms with Crippen molar-refractivity contribution in [2.75, 3.05) is 14.2 Å². The van der Waals surface area contributed by atoms with Crippen molar-refractivity contribution in [3.8, 4) is 11.5 Å². The van der Waals surface area contributed by atoms with Crippen molar-refractivity contribution in [2.24, 2.45) is 0 Å². The third-order valence-corrected chi connectivity index (χ3v) is 3.39. The Hall–Kier alpha value is -1.52. The second kappa shape index (κ2) is 6.08. The molecule has 2 aromatic carbocycles. The van der Waals surface area contributed by atoms with Crippen LogP contribution in [-0.4, -0.2) is 19.3 Å². The number of halogens is 1. The molecule has 0 aliphatic heterocycles. The first kappa shape index (κ1) is 13.9. The van der Waals surface area contributed by atoms with Crippen LogP contribution in [0.2, 0.25) is 0 Å². The number of ether oxygens (including phenoxy) is 2. The van der Waals surface area contributed by atoms with E-state index in [0.717, 1.165) is 10.0 Å². The Balaban J connectivity index is 2.42. The number of benzene rings is 2. The second-order valence-corrected chi connectivity index (χ2v) is 4.98. The lowest BCUT2D eigenvalue weighted by Gasteiger charge is -2.16. The van der Waals surface area contributed by atoms with Gasteiger partial charge in [-0.2, -0.15) is 0 Å². The van der Waals surface area contributed by atoms with Crippen LogP contribution in [0.25, 0.3) is 0 Å². The standard InChI is InChI=1S/C15H15BrO3/c1-18-12-5-3-4-10(8-12)15(17)13-9-11(16)6-7-14(13)19-2/h3-9,15,17H,1-2H3. The molecule has 0 saturated heterocycles. The molecule has 1 unspecified atom stereocenters. The Morgan fingerprint density at radius 3 is 2.53 bits per heavy atom. The SMILES string of the molecule is COc1cccc(C(O)c2cc(Br)ccc2OC)c1. The van der Waals surface area contributed by atoms with Gasteiger partial charge in [0.25, 0.3) is 0 Å². The Bertz CT molecular complexity index is 569. The van der Waals surface area contributed by atoms with Gasteiger partial charge in [0.1, 0.15) is 17.6 Å². The molecule has 0 spiro atoms. The van der Waals surface area contributed by atoms with Gasteiger partial charge in [-0.3, -0.25) is 0 Å². The lowest BCUT2D eigenvalue weighted by atomic mass is 10.0. The highest BCUT2D eigenvalue weighted by Gasteiger charge is 2.16. The van der Waals surface area contributed by atoms with Gasteiger partial charge in [-0.25, -0.2) is 0 Å². The molecule has 4 heteroatoms. The third kappa shape index (κ3) is 3.08. The minimum absolute atomic E-state index is 0.651. The molecule has 3 nitrogen and oxygen atoms in total. The Morgan fingerprint density at radius 1 is 1.05 bits per heavy atom. The minimum atomic E-state index is -0.762. The Labute approximate surface area is 120 Å². The molecule has 2 rings (SSSR count). The summed E-state index contributed by atoms with van der Waals surface area (Å²) in [5.41, 5.74) is 1.47. The first-order chi connectivity index (χ1) is 9.15. The molecular formula is C15H15BrO3. The number of hydrogen-bond acceptors (Lipinski definition) is 3. The molecule has 0 saturated carbocycles. The largest absolute Gasteiger partial charge is 0.497 e. The molecule has 2 aromatic rings. The Morgan fingerprint density at radius 2 is 1.84 bits per heavy atom. The summed E-state index contributed by atoms with van der Waals surface area (Å²) in [6, 6.07) is 12.9. The molecular weight excluding hydrogens is 308 g/mol. The monoisotopic (exact) mass is 322 g/mol. The predicted octanol–water partition coefficient (Wildman–Crippen LogP) is 3.55. The number of aliphatic hydroxyl groups is 1. The highest BCUT2D eigenvalue weighted by Crippen LogP contribution is 2.33. The summed E-state index contributed by atoms with van der Waals surface area (Å²) < 4.78 is 11.4. The smallest absolute Gasteiger partial charge is 0.125 e. The van der Waals surface area contributed by atoms with Gasteiger partial charge in [0.2, 0.25) is 0 Å². The quantitative estimate of drug-likeness (QED) is 0.935. The first-order valence-corrected chi connectivity index (χ1v) is 6.60. The van der Waals surface area contributed by atoms with Gasteiger partial charge in [0, 0.05) is 10.0 Å². The molecule has 1 atom stereocenters. The van der Waals surface area contributed by atoms with E-state index < -0.39 is 6.10 Å². The third-order valence-electron chi connectivity index (χ3n) is 2.90. The van der Waals surface area contributed by atoms with Crippen molar-refractivity contribution in [1.29, 1.82) is 0 Å². The van der Waals surface area contributed by atoms with Crippen molar-refractivity contribution in [2.45, 2.75) is 6.10 Å². The second-order valence-electron chi connectivity index (χ2n) is 4.07. The van der Waals surface area contributed by atoms with Crippen molar-refractivity contribution in [3.05, 3.63) is 58.1 Å². The van der Waals surface area contributed by atoms with Crippen molar-refractivity contribution >= 4 is 15.9 Å². The zero-order valence-corrected chi connectivity index (χ0v) is 12.3. The van der Waals surface area contributed by atoms with Crippen molar-refractivity contribution in [3.63, 3.8) is 0 Å². The molecule has 0 aliphatic carbocycles. The van der Waals surface area contributed by atoms with Crippen LogP contribution < -0.4 is 9.47 Å². The van der Waals surface area contributed by atoms with E-state index in [9.17, 15) is 5.11 Å². The molecule has 0 fully saturated rings. The highest BCUT2D eigenvalue weighted by molar-refractivity contribution is 9.10.